The van der Waals surface area contributed by atoms with Crippen LogP contribution in [0, 0.1) is 0 Å². The Labute approximate surface area is 111 Å². The predicted octanol–water partition coefficient (Wildman–Crippen LogP) is 4.30. The normalized spacial score (nSPS) is 12.4. The molecule has 17 heavy (non-hydrogen) atoms. The third-order valence-electron chi connectivity index (χ3n) is 2.71. The van der Waals surface area contributed by atoms with Gasteiger partial charge in [-0.1, -0.05) is 65.7 Å². The number of hydrogen-bond acceptors (Lipinski definition) is 1. The Balaban J connectivity index is 2.46. The van der Waals surface area contributed by atoms with Crippen molar-refractivity contribution in [3.8, 4) is 0 Å². The molecule has 0 aliphatic heterocycles. The minimum absolute atomic E-state index is 0.0578. The zero-order chi connectivity index (χ0) is 12.3. The average molecular weight is 266 g/mol. The van der Waals surface area contributed by atoms with Gasteiger partial charge in [0.25, 0.3) is 0 Å². The van der Waals surface area contributed by atoms with E-state index in [0.29, 0.717) is 10.0 Å². The van der Waals surface area contributed by atoms with E-state index in [4.69, 9.17) is 23.2 Å². The van der Waals surface area contributed by atoms with Gasteiger partial charge in [0.2, 0.25) is 0 Å². The van der Waals surface area contributed by atoms with Gasteiger partial charge in [-0.3, -0.25) is 0 Å². The molecule has 0 amide bonds. The molecule has 1 atom stereocenters. The number of hydrogen-bond donors (Lipinski definition) is 1. The number of rotatable bonds is 3. The van der Waals surface area contributed by atoms with E-state index in [1.54, 1.807) is 6.07 Å². The lowest BCUT2D eigenvalue weighted by molar-refractivity contribution is 0.692. The first-order chi connectivity index (χ1) is 8.24. The number of halogens is 2. The van der Waals surface area contributed by atoms with Crippen molar-refractivity contribution in [3.05, 3.63) is 69.7 Å². The van der Waals surface area contributed by atoms with Crippen molar-refractivity contribution in [2.24, 2.45) is 0 Å². The van der Waals surface area contributed by atoms with E-state index in [2.05, 4.69) is 17.4 Å². The van der Waals surface area contributed by atoms with Gasteiger partial charge in [0.05, 0.1) is 16.1 Å². The molecule has 3 heteroatoms. The first-order valence-corrected chi connectivity index (χ1v) is 6.15. The Bertz CT molecular complexity index is 497. The quantitative estimate of drug-likeness (QED) is 0.873. The van der Waals surface area contributed by atoms with Crippen LogP contribution in [0.15, 0.2) is 48.5 Å². The molecular weight excluding hydrogens is 253 g/mol. The maximum absolute atomic E-state index is 6.24. The van der Waals surface area contributed by atoms with Crippen molar-refractivity contribution in [1.29, 1.82) is 0 Å². The topological polar surface area (TPSA) is 12.0 Å². The summed E-state index contributed by atoms with van der Waals surface area (Å²) < 4.78 is 0. The van der Waals surface area contributed by atoms with Gasteiger partial charge in [-0.25, -0.2) is 0 Å². The molecule has 0 spiro atoms. The molecule has 0 saturated carbocycles. The summed E-state index contributed by atoms with van der Waals surface area (Å²) >= 11 is 12.3. The van der Waals surface area contributed by atoms with Gasteiger partial charge in [0.15, 0.2) is 0 Å². The second-order valence-corrected chi connectivity index (χ2v) is 4.56. The fourth-order valence-electron chi connectivity index (χ4n) is 1.89. The summed E-state index contributed by atoms with van der Waals surface area (Å²) in [5, 5.41) is 4.45. The molecule has 0 bridgehead atoms. The van der Waals surface area contributed by atoms with E-state index < -0.39 is 0 Å². The average Bonchev–Trinajstić information content (AvgIpc) is 2.37. The van der Waals surface area contributed by atoms with Gasteiger partial charge < -0.3 is 5.32 Å². The predicted molar refractivity (Wildman–Crippen MR) is 73.8 cm³/mol. The number of nitrogens with one attached hydrogen (secondary N) is 1. The van der Waals surface area contributed by atoms with Crippen LogP contribution in [0.2, 0.25) is 10.0 Å². The van der Waals surface area contributed by atoms with Crippen LogP contribution < -0.4 is 5.32 Å². The third kappa shape index (κ3) is 2.63. The molecular formula is C14H13Cl2N. The first kappa shape index (κ1) is 12.4. The molecule has 0 aliphatic rings. The highest BCUT2D eigenvalue weighted by molar-refractivity contribution is 6.42. The second kappa shape index (κ2) is 5.54. The Morgan fingerprint density at radius 2 is 1.65 bits per heavy atom. The molecule has 88 valence electrons. The Kier molecular flexibility index (Phi) is 4.06. The van der Waals surface area contributed by atoms with Gasteiger partial charge in [-0.2, -0.15) is 0 Å². The minimum Gasteiger partial charge on any atom is -0.309 e. The van der Waals surface area contributed by atoms with Gasteiger partial charge in [-0.15, -0.1) is 0 Å². The summed E-state index contributed by atoms with van der Waals surface area (Å²) in [5.41, 5.74) is 2.16. The summed E-state index contributed by atoms with van der Waals surface area (Å²) in [7, 11) is 1.91. The lowest BCUT2D eigenvalue weighted by atomic mass is 9.99. The van der Waals surface area contributed by atoms with Crippen molar-refractivity contribution >= 4 is 23.2 Å². The SMILES string of the molecule is CNC(c1ccccc1)c1cccc(Cl)c1Cl. The fraction of sp³-hybridized carbons (Fsp3) is 0.143. The molecule has 0 radical (unpaired) electrons. The lowest BCUT2D eigenvalue weighted by Crippen LogP contribution is -2.17. The van der Waals surface area contributed by atoms with Crippen LogP contribution in [0.4, 0.5) is 0 Å². The zero-order valence-corrected chi connectivity index (χ0v) is 11.0. The van der Waals surface area contributed by atoms with Crippen molar-refractivity contribution < 1.29 is 0 Å². The van der Waals surface area contributed by atoms with Crippen LogP contribution in [0.25, 0.3) is 0 Å². The molecule has 2 aromatic rings. The molecule has 0 heterocycles. The zero-order valence-electron chi connectivity index (χ0n) is 9.45. The van der Waals surface area contributed by atoms with Crippen molar-refractivity contribution in [3.63, 3.8) is 0 Å². The Morgan fingerprint density at radius 3 is 2.29 bits per heavy atom. The first-order valence-electron chi connectivity index (χ1n) is 5.40. The maximum atomic E-state index is 6.24. The third-order valence-corrected chi connectivity index (χ3v) is 3.55. The highest BCUT2D eigenvalue weighted by Crippen LogP contribution is 2.32. The van der Waals surface area contributed by atoms with Gasteiger partial charge in [0, 0.05) is 0 Å². The van der Waals surface area contributed by atoms with E-state index in [1.165, 1.54) is 5.56 Å². The molecule has 0 saturated heterocycles. The molecule has 2 rings (SSSR count). The standard InChI is InChI=1S/C14H13Cl2N/c1-17-14(10-6-3-2-4-7-10)11-8-5-9-12(15)13(11)16/h2-9,14,17H,1H3. The van der Waals surface area contributed by atoms with Crippen molar-refractivity contribution in [2.75, 3.05) is 7.05 Å². The molecule has 1 nitrogen and oxygen atoms in total. The molecule has 0 fully saturated rings. The largest absolute Gasteiger partial charge is 0.309 e. The number of benzene rings is 2. The maximum Gasteiger partial charge on any atom is 0.0643 e. The van der Waals surface area contributed by atoms with Crippen LogP contribution >= 0.6 is 23.2 Å². The highest BCUT2D eigenvalue weighted by atomic mass is 35.5. The summed E-state index contributed by atoms with van der Waals surface area (Å²) in [4.78, 5) is 0. The monoisotopic (exact) mass is 265 g/mol. The van der Waals surface area contributed by atoms with Gasteiger partial charge >= 0.3 is 0 Å². The van der Waals surface area contributed by atoms with Gasteiger partial charge in [0.1, 0.15) is 0 Å². The van der Waals surface area contributed by atoms with E-state index in [0.717, 1.165) is 5.56 Å². The lowest BCUT2D eigenvalue weighted by Gasteiger charge is -2.19. The van der Waals surface area contributed by atoms with Crippen LogP contribution in [0.5, 0.6) is 0 Å². The molecule has 1 unspecified atom stereocenters. The summed E-state index contributed by atoms with van der Waals surface area (Å²) in [6, 6.07) is 15.9. The molecule has 0 aromatic heterocycles. The fourth-order valence-corrected chi connectivity index (χ4v) is 2.31. The minimum atomic E-state index is 0.0578. The summed E-state index contributed by atoms with van der Waals surface area (Å²) in [6.07, 6.45) is 0. The van der Waals surface area contributed by atoms with Gasteiger partial charge in [-0.05, 0) is 24.2 Å². The summed E-state index contributed by atoms with van der Waals surface area (Å²) in [6.45, 7) is 0. The molecule has 2 aromatic carbocycles. The molecule has 0 aliphatic carbocycles. The molecule has 1 N–H and O–H groups in total. The van der Waals surface area contributed by atoms with Crippen LogP contribution in [-0.4, -0.2) is 7.05 Å². The van der Waals surface area contributed by atoms with E-state index in [9.17, 15) is 0 Å². The Hall–Kier alpha value is -1.02. The van der Waals surface area contributed by atoms with E-state index in [-0.39, 0.29) is 6.04 Å². The Morgan fingerprint density at radius 1 is 0.941 bits per heavy atom. The van der Waals surface area contributed by atoms with Crippen LogP contribution in [0.1, 0.15) is 17.2 Å². The van der Waals surface area contributed by atoms with Crippen LogP contribution in [0.3, 0.4) is 0 Å². The van der Waals surface area contributed by atoms with Crippen molar-refractivity contribution in [2.45, 2.75) is 6.04 Å². The van der Waals surface area contributed by atoms with E-state index in [1.807, 2.05) is 37.4 Å². The smallest absolute Gasteiger partial charge is 0.0643 e. The van der Waals surface area contributed by atoms with Crippen LogP contribution in [-0.2, 0) is 0 Å². The second-order valence-electron chi connectivity index (χ2n) is 3.78. The highest BCUT2D eigenvalue weighted by Gasteiger charge is 2.15. The van der Waals surface area contributed by atoms with E-state index >= 15 is 0 Å². The van der Waals surface area contributed by atoms with Crippen molar-refractivity contribution in [1.82, 2.24) is 5.32 Å². The summed E-state index contributed by atoms with van der Waals surface area (Å²) in [5.74, 6) is 0.